The molecule has 0 aromatic carbocycles. The molecule has 458 valence electrons. The van der Waals surface area contributed by atoms with Gasteiger partial charge in [-0.1, -0.05) is 324 Å². The van der Waals surface area contributed by atoms with Gasteiger partial charge in [0.1, 0.15) is 6.17 Å². The monoisotopic (exact) mass is 1080 g/mol. The number of aldehydes is 1. The van der Waals surface area contributed by atoms with E-state index in [4.69, 9.17) is 0 Å². The van der Waals surface area contributed by atoms with Gasteiger partial charge in [0.05, 0.1) is 6.54 Å². The number of carbonyl (C=O) groups is 2. The number of amides is 1. The van der Waals surface area contributed by atoms with Crippen molar-refractivity contribution in [1.29, 1.82) is 0 Å². The van der Waals surface area contributed by atoms with Gasteiger partial charge < -0.3 is 14.6 Å². The van der Waals surface area contributed by atoms with E-state index in [9.17, 15) is 9.59 Å². The third-order valence-corrected chi connectivity index (χ3v) is 17.7. The summed E-state index contributed by atoms with van der Waals surface area (Å²) < 4.78 is 0. The molecule has 1 fully saturated rings. The van der Waals surface area contributed by atoms with Gasteiger partial charge in [-0.2, -0.15) is 0 Å². The molecule has 0 aliphatic carbocycles. The molecule has 1 atom stereocenters. The van der Waals surface area contributed by atoms with Crippen LogP contribution in [0.25, 0.3) is 0 Å². The fraction of sp³-hybridized carbons (Fsp3) is 0.971. The number of nitrogens with zero attached hydrogens (tertiary/aromatic N) is 5. The van der Waals surface area contributed by atoms with Crippen LogP contribution in [0.5, 0.6) is 0 Å². The molecule has 1 amide bonds. The van der Waals surface area contributed by atoms with Gasteiger partial charge in [0.2, 0.25) is 5.91 Å². The maximum atomic E-state index is 14.4. The quantitative estimate of drug-likeness (QED) is 0.0447. The Morgan fingerprint density at radius 1 is 0.312 bits per heavy atom. The Morgan fingerprint density at radius 2 is 0.545 bits per heavy atom. The maximum Gasteiger partial charge on any atom is 0.236 e. The van der Waals surface area contributed by atoms with E-state index in [1.54, 1.807) is 0 Å². The highest BCUT2D eigenvalue weighted by molar-refractivity contribution is 5.78. The lowest BCUT2D eigenvalue weighted by atomic mass is 10.1. The average molecular weight is 1080 g/mol. The van der Waals surface area contributed by atoms with Crippen LogP contribution >= 0.6 is 0 Å². The van der Waals surface area contributed by atoms with Crippen LogP contribution in [0.2, 0.25) is 0 Å². The molecule has 0 N–H and O–H groups in total. The lowest BCUT2D eigenvalue weighted by Crippen LogP contribution is -2.58. The van der Waals surface area contributed by atoms with E-state index in [0.717, 1.165) is 58.9 Å². The van der Waals surface area contributed by atoms with E-state index >= 15 is 0 Å². The van der Waals surface area contributed by atoms with E-state index in [2.05, 4.69) is 59.1 Å². The van der Waals surface area contributed by atoms with Crippen LogP contribution in [-0.2, 0) is 9.59 Å². The first-order valence-corrected chi connectivity index (χ1v) is 35.7. The average Bonchev–Trinajstić information content (AvgIpc) is 3.44. The van der Waals surface area contributed by atoms with Crippen molar-refractivity contribution in [3.63, 3.8) is 0 Å². The van der Waals surface area contributed by atoms with Gasteiger partial charge in [0, 0.05) is 52.4 Å². The van der Waals surface area contributed by atoms with Gasteiger partial charge in [-0.3, -0.25) is 19.5 Å². The number of hydrogen-bond acceptors (Lipinski definition) is 6. The highest BCUT2D eigenvalue weighted by atomic mass is 16.2. The van der Waals surface area contributed by atoms with Crippen LogP contribution in [0.1, 0.15) is 356 Å². The minimum atomic E-state index is -0.172. The summed E-state index contributed by atoms with van der Waals surface area (Å²) in [5.74, 6) is 0.308. The number of unbranched alkanes of at least 4 members (excludes halogenated alkanes) is 45. The molecule has 7 nitrogen and oxygen atoms in total. The standard InChI is InChI=1S/C70H141N5O2/c1-6-11-16-21-26-31-36-41-46-51-56-71(57-52-47-42-37-32-27-22-17-12-7-2)61-62-72(58-53-48-43-38-33-28-23-18-13-8-3)67-70(77)75-65-63-74(64-66-75)69(68-76)73(59-54-49-44-39-34-29-24-19-14-9-4)60-55-50-45-40-35-30-25-20-15-10-5/h68-69H,6-67H2,1-5H3/t69-/m0/s1. The normalized spacial score (nSPS) is 13.8. The Kier molecular flexibility index (Phi) is 57.3. The molecule has 1 heterocycles. The topological polar surface area (TPSA) is 50.3 Å². The van der Waals surface area contributed by atoms with E-state index in [-0.39, 0.29) is 6.17 Å². The molecule has 1 rings (SSSR count). The van der Waals surface area contributed by atoms with E-state index in [0.29, 0.717) is 12.5 Å². The van der Waals surface area contributed by atoms with Gasteiger partial charge >= 0.3 is 0 Å². The molecule has 0 bridgehead atoms. The minimum absolute atomic E-state index is 0.172. The first-order valence-electron chi connectivity index (χ1n) is 35.7. The molecule has 0 aromatic rings. The largest absolute Gasteiger partial charge is 0.339 e. The second kappa shape index (κ2) is 59.6. The summed E-state index contributed by atoms with van der Waals surface area (Å²) in [5.41, 5.74) is 0. The van der Waals surface area contributed by atoms with Gasteiger partial charge in [-0.15, -0.1) is 0 Å². The third-order valence-electron chi connectivity index (χ3n) is 17.7. The summed E-state index contributed by atoms with van der Waals surface area (Å²) in [7, 11) is 0. The van der Waals surface area contributed by atoms with Gasteiger partial charge in [-0.25, -0.2) is 0 Å². The van der Waals surface area contributed by atoms with Crippen molar-refractivity contribution in [1.82, 2.24) is 24.5 Å². The third kappa shape index (κ3) is 47.2. The summed E-state index contributed by atoms with van der Waals surface area (Å²) in [4.78, 5) is 39.9. The molecule has 1 aliphatic heterocycles. The Morgan fingerprint density at radius 3 is 0.818 bits per heavy atom. The Labute approximate surface area is 484 Å². The fourth-order valence-corrected chi connectivity index (χ4v) is 12.3. The van der Waals surface area contributed by atoms with Crippen molar-refractivity contribution in [3.8, 4) is 0 Å². The SMILES string of the molecule is CCCCCCCCCCCCN(CCCCCCCCCCCC)CCN(CCCCCCCCCCCC)CC(=O)N1CCN([C@@H](C=O)N(CCCCCCCCCCCC)CCCCCCCCCCCC)CC1. The summed E-state index contributed by atoms with van der Waals surface area (Å²) in [5, 5.41) is 0. The highest BCUT2D eigenvalue weighted by Crippen LogP contribution is 2.19. The number of piperazine rings is 1. The van der Waals surface area contributed by atoms with Crippen LogP contribution in [-0.4, -0.2) is 121 Å². The zero-order valence-corrected chi connectivity index (χ0v) is 53.5. The van der Waals surface area contributed by atoms with E-state index in [1.165, 1.54) is 340 Å². The van der Waals surface area contributed by atoms with Gasteiger partial charge in [0.25, 0.3) is 0 Å². The van der Waals surface area contributed by atoms with E-state index < -0.39 is 0 Å². The Bertz CT molecular complexity index is 1130. The fourth-order valence-electron chi connectivity index (χ4n) is 12.3. The molecule has 77 heavy (non-hydrogen) atoms. The molecule has 0 spiro atoms. The smallest absolute Gasteiger partial charge is 0.236 e. The highest BCUT2D eigenvalue weighted by Gasteiger charge is 2.30. The zero-order valence-electron chi connectivity index (χ0n) is 53.5. The second-order valence-corrected chi connectivity index (χ2v) is 25.0. The van der Waals surface area contributed by atoms with Crippen molar-refractivity contribution in [2.45, 2.75) is 362 Å². The van der Waals surface area contributed by atoms with Crippen molar-refractivity contribution in [2.24, 2.45) is 0 Å². The molecule has 0 radical (unpaired) electrons. The van der Waals surface area contributed by atoms with Crippen molar-refractivity contribution < 1.29 is 9.59 Å². The van der Waals surface area contributed by atoms with Crippen molar-refractivity contribution >= 4 is 12.2 Å². The minimum Gasteiger partial charge on any atom is -0.339 e. The predicted molar refractivity (Wildman–Crippen MR) is 342 cm³/mol. The molecule has 7 heteroatoms. The molecular weight excluding hydrogens is 943 g/mol. The summed E-state index contributed by atoms with van der Waals surface area (Å²) in [6, 6.07) is 0. The molecule has 0 aromatic heterocycles. The Balaban J connectivity index is 2.92. The van der Waals surface area contributed by atoms with Crippen LogP contribution in [0.15, 0.2) is 0 Å². The van der Waals surface area contributed by atoms with E-state index in [1.807, 2.05) is 0 Å². The summed E-state index contributed by atoms with van der Waals surface area (Å²) in [6.07, 6.45) is 69.1. The molecule has 1 saturated heterocycles. The van der Waals surface area contributed by atoms with Crippen LogP contribution in [0, 0.1) is 0 Å². The van der Waals surface area contributed by atoms with Gasteiger partial charge in [0.15, 0.2) is 6.29 Å². The molecule has 1 aliphatic rings. The Hall–Kier alpha value is -1.02. The molecule has 0 saturated carbocycles. The number of rotatable bonds is 63. The second-order valence-electron chi connectivity index (χ2n) is 25.0. The first kappa shape index (κ1) is 74.0. The van der Waals surface area contributed by atoms with Gasteiger partial charge in [-0.05, 0) is 51.7 Å². The summed E-state index contributed by atoms with van der Waals surface area (Å²) in [6.45, 7) is 22.7. The first-order chi connectivity index (χ1) is 38.0. The zero-order chi connectivity index (χ0) is 55.6. The van der Waals surface area contributed by atoms with Crippen molar-refractivity contribution in [2.75, 3.05) is 78.5 Å². The lowest BCUT2D eigenvalue weighted by molar-refractivity contribution is -0.136. The predicted octanol–water partition coefficient (Wildman–Crippen LogP) is 20.2. The molecule has 0 unspecified atom stereocenters. The van der Waals surface area contributed by atoms with Crippen LogP contribution in [0.4, 0.5) is 0 Å². The number of hydrogen-bond donors (Lipinski definition) is 0. The van der Waals surface area contributed by atoms with Crippen LogP contribution in [0.3, 0.4) is 0 Å². The molecular formula is C70H141N5O2. The van der Waals surface area contributed by atoms with Crippen molar-refractivity contribution in [3.05, 3.63) is 0 Å². The van der Waals surface area contributed by atoms with Crippen LogP contribution < -0.4 is 0 Å². The number of carbonyl (C=O) groups excluding carboxylic acids is 2. The maximum absolute atomic E-state index is 14.4. The summed E-state index contributed by atoms with van der Waals surface area (Å²) >= 11 is 0. The lowest BCUT2D eigenvalue weighted by Gasteiger charge is -2.42.